The number of sulfonamides is 1. The zero-order valence-corrected chi connectivity index (χ0v) is 16.3. The third-order valence-corrected chi connectivity index (χ3v) is 5.85. The molecular weight excluding hydrogens is 428 g/mol. The highest BCUT2D eigenvalue weighted by Crippen LogP contribution is 2.35. The average Bonchev–Trinajstić information content (AvgIpc) is 2.59. The largest absolute Gasteiger partial charge is 0.494 e. The van der Waals surface area contributed by atoms with Crippen molar-refractivity contribution >= 4 is 48.5 Å². The fourth-order valence-electron chi connectivity index (χ4n) is 2.50. The van der Waals surface area contributed by atoms with Crippen molar-refractivity contribution < 1.29 is 13.2 Å². The highest BCUT2D eigenvalue weighted by molar-refractivity contribution is 9.10. The maximum Gasteiger partial charge on any atom is 0.244 e. The summed E-state index contributed by atoms with van der Waals surface area (Å²) in [5.41, 5.74) is 1.54. The highest BCUT2D eigenvalue weighted by Gasteiger charge is 2.22. The topological polar surface area (TPSA) is 68.3 Å². The van der Waals surface area contributed by atoms with Gasteiger partial charge < -0.3 is 4.74 Å². The summed E-state index contributed by atoms with van der Waals surface area (Å²) < 4.78 is 33.7. The van der Waals surface area contributed by atoms with E-state index in [4.69, 9.17) is 16.3 Å². The van der Waals surface area contributed by atoms with Crippen LogP contribution in [-0.2, 0) is 16.6 Å². The van der Waals surface area contributed by atoms with Gasteiger partial charge in [0.15, 0.2) is 5.75 Å². The van der Waals surface area contributed by atoms with E-state index in [2.05, 4.69) is 25.6 Å². The molecule has 0 bridgehead atoms. The molecule has 3 aromatic rings. The van der Waals surface area contributed by atoms with Crippen LogP contribution in [0.5, 0.6) is 5.75 Å². The summed E-state index contributed by atoms with van der Waals surface area (Å²) in [6, 6.07) is 12.3. The molecule has 0 aliphatic heterocycles. The number of benzene rings is 2. The van der Waals surface area contributed by atoms with E-state index in [-0.39, 0.29) is 17.2 Å². The molecule has 0 saturated heterocycles. The van der Waals surface area contributed by atoms with Crippen molar-refractivity contribution in [2.24, 2.45) is 0 Å². The lowest BCUT2D eigenvalue weighted by molar-refractivity contribution is 0.399. The van der Waals surface area contributed by atoms with Crippen molar-refractivity contribution in [1.29, 1.82) is 0 Å². The van der Waals surface area contributed by atoms with Crippen LogP contribution in [0.4, 0.5) is 0 Å². The number of halogens is 2. The first-order valence-corrected chi connectivity index (χ1v) is 9.93. The summed E-state index contributed by atoms with van der Waals surface area (Å²) >= 11 is 9.26. The van der Waals surface area contributed by atoms with Gasteiger partial charge in [-0.05, 0) is 39.7 Å². The molecule has 0 atom stereocenters. The molecule has 0 spiro atoms. The molecular formula is C17H14BrClN2O3S. The summed E-state index contributed by atoms with van der Waals surface area (Å²) in [5.74, 6) is 0.202. The van der Waals surface area contributed by atoms with Crippen LogP contribution in [0.2, 0.25) is 5.02 Å². The molecule has 1 heterocycles. The Balaban J connectivity index is 1.95. The van der Waals surface area contributed by atoms with Crippen molar-refractivity contribution in [3.8, 4) is 5.75 Å². The molecule has 0 saturated carbocycles. The summed E-state index contributed by atoms with van der Waals surface area (Å²) in [6.07, 6.45) is 1.68. The molecule has 1 aromatic heterocycles. The summed E-state index contributed by atoms with van der Waals surface area (Å²) in [7, 11) is -2.43. The number of ether oxygens (including phenoxy) is 1. The number of hydrogen-bond donors (Lipinski definition) is 1. The molecule has 2 aromatic carbocycles. The van der Waals surface area contributed by atoms with E-state index in [1.165, 1.54) is 13.2 Å². The minimum Gasteiger partial charge on any atom is -0.494 e. The van der Waals surface area contributed by atoms with Gasteiger partial charge in [0.05, 0.1) is 17.1 Å². The Labute approximate surface area is 159 Å². The average molecular weight is 442 g/mol. The molecule has 5 nitrogen and oxygen atoms in total. The van der Waals surface area contributed by atoms with E-state index in [9.17, 15) is 8.42 Å². The first-order valence-electron chi connectivity index (χ1n) is 7.27. The lowest BCUT2D eigenvalue weighted by Crippen LogP contribution is -2.24. The number of nitrogens with one attached hydrogen (secondary N) is 1. The molecule has 0 unspecified atom stereocenters. The Bertz CT molecular complexity index is 1040. The molecule has 25 heavy (non-hydrogen) atoms. The molecule has 3 rings (SSSR count). The van der Waals surface area contributed by atoms with Gasteiger partial charge in [-0.15, -0.1) is 0 Å². The molecule has 0 aliphatic carbocycles. The van der Waals surface area contributed by atoms with E-state index < -0.39 is 10.0 Å². The van der Waals surface area contributed by atoms with Crippen molar-refractivity contribution in [2.75, 3.05) is 7.11 Å². The van der Waals surface area contributed by atoms with Crippen LogP contribution in [0.1, 0.15) is 5.56 Å². The predicted molar refractivity (Wildman–Crippen MR) is 101 cm³/mol. The second kappa shape index (κ2) is 7.29. The summed E-state index contributed by atoms with van der Waals surface area (Å²) in [6.45, 7) is 0.101. The summed E-state index contributed by atoms with van der Waals surface area (Å²) in [5, 5.41) is 1.24. The van der Waals surface area contributed by atoms with Gasteiger partial charge in [0, 0.05) is 23.2 Å². The SMILES string of the molecule is COc1c(Br)cc(Cl)cc1S(=O)(=O)NCc1cccc2cccnc12. The molecule has 0 radical (unpaired) electrons. The number of rotatable bonds is 5. The molecule has 130 valence electrons. The Hall–Kier alpha value is -1.67. The quantitative estimate of drug-likeness (QED) is 0.646. The molecule has 0 fully saturated rings. The smallest absolute Gasteiger partial charge is 0.244 e. The highest BCUT2D eigenvalue weighted by atomic mass is 79.9. The Morgan fingerprint density at radius 2 is 2.00 bits per heavy atom. The molecule has 0 aliphatic rings. The first-order chi connectivity index (χ1) is 11.9. The number of methoxy groups -OCH3 is 1. The van der Waals surface area contributed by atoms with Gasteiger partial charge in [-0.1, -0.05) is 35.9 Å². The van der Waals surface area contributed by atoms with Crippen molar-refractivity contribution in [3.05, 3.63) is 63.7 Å². The van der Waals surface area contributed by atoms with Crippen LogP contribution in [0, 0.1) is 0 Å². The number of aromatic nitrogens is 1. The van der Waals surface area contributed by atoms with Crippen LogP contribution >= 0.6 is 27.5 Å². The minimum atomic E-state index is -3.83. The normalized spacial score (nSPS) is 11.6. The van der Waals surface area contributed by atoms with Crippen molar-refractivity contribution in [2.45, 2.75) is 11.4 Å². The van der Waals surface area contributed by atoms with Crippen molar-refractivity contribution in [3.63, 3.8) is 0 Å². The monoisotopic (exact) mass is 440 g/mol. The van der Waals surface area contributed by atoms with Crippen LogP contribution in [0.3, 0.4) is 0 Å². The molecule has 8 heteroatoms. The van der Waals surface area contributed by atoms with Crippen molar-refractivity contribution in [1.82, 2.24) is 9.71 Å². The predicted octanol–water partition coefficient (Wildman–Crippen LogP) is 4.14. The lowest BCUT2D eigenvalue weighted by atomic mass is 10.1. The fraction of sp³-hybridized carbons (Fsp3) is 0.118. The van der Waals surface area contributed by atoms with Gasteiger partial charge in [0.25, 0.3) is 0 Å². The Kier molecular flexibility index (Phi) is 5.29. The van der Waals surface area contributed by atoms with Crippen LogP contribution in [0.15, 0.2) is 58.0 Å². The Morgan fingerprint density at radius 1 is 1.24 bits per heavy atom. The minimum absolute atomic E-state index is 0.0254. The summed E-state index contributed by atoms with van der Waals surface area (Å²) in [4.78, 5) is 4.30. The number of para-hydroxylation sites is 1. The third kappa shape index (κ3) is 3.79. The first kappa shape index (κ1) is 18.1. The Morgan fingerprint density at radius 3 is 2.76 bits per heavy atom. The lowest BCUT2D eigenvalue weighted by Gasteiger charge is -2.13. The van der Waals surface area contributed by atoms with E-state index in [0.29, 0.717) is 9.50 Å². The molecule has 0 amide bonds. The fourth-order valence-corrected chi connectivity index (χ4v) is 4.88. The van der Waals surface area contributed by atoms with Crippen LogP contribution in [0.25, 0.3) is 10.9 Å². The second-order valence-electron chi connectivity index (χ2n) is 5.24. The zero-order chi connectivity index (χ0) is 18.0. The van der Waals surface area contributed by atoms with E-state index in [0.717, 1.165) is 16.5 Å². The maximum absolute atomic E-state index is 12.7. The zero-order valence-electron chi connectivity index (χ0n) is 13.2. The van der Waals surface area contributed by atoms with E-state index in [1.807, 2.05) is 30.3 Å². The number of nitrogens with zero attached hydrogens (tertiary/aromatic N) is 1. The standard InChI is InChI=1S/C17H14BrClN2O3S/c1-24-17-14(18)8-13(19)9-15(17)25(22,23)21-10-12-5-2-4-11-6-3-7-20-16(11)12/h2-9,21H,10H2,1H3. The van der Waals surface area contributed by atoms with Gasteiger partial charge in [-0.2, -0.15) is 0 Å². The van der Waals surface area contributed by atoms with Gasteiger partial charge in [-0.3, -0.25) is 4.98 Å². The third-order valence-electron chi connectivity index (χ3n) is 3.64. The van der Waals surface area contributed by atoms with Gasteiger partial charge in [0.1, 0.15) is 4.90 Å². The number of hydrogen-bond acceptors (Lipinski definition) is 4. The van der Waals surface area contributed by atoms with Gasteiger partial charge >= 0.3 is 0 Å². The van der Waals surface area contributed by atoms with E-state index >= 15 is 0 Å². The van der Waals surface area contributed by atoms with E-state index in [1.54, 1.807) is 12.3 Å². The van der Waals surface area contributed by atoms with Crippen LogP contribution in [-0.4, -0.2) is 20.5 Å². The number of pyridine rings is 1. The van der Waals surface area contributed by atoms with Gasteiger partial charge in [0.2, 0.25) is 10.0 Å². The maximum atomic E-state index is 12.7. The van der Waals surface area contributed by atoms with Gasteiger partial charge in [-0.25, -0.2) is 13.1 Å². The second-order valence-corrected chi connectivity index (χ2v) is 8.26. The number of fused-ring (bicyclic) bond motifs is 1. The molecule has 1 N–H and O–H groups in total. The van der Waals surface area contributed by atoms with Crippen LogP contribution < -0.4 is 9.46 Å².